The Kier molecular flexibility index (Phi) is 6.31. The molecule has 0 rings (SSSR count). The zero-order chi connectivity index (χ0) is 11.9. The molecular weight excluding hydrogens is 230 g/mol. The Morgan fingerprint density at radius 1 is 1.47 bits per heavy atom. The maximum atomic E-state index is 12.2. The number of methoxy groups -OCH3 is 1. The SMILES string of the molecule is COCCN(CCC#N)S(=O)(=O)C(F)F. The van der Waals surface area contributed by atoms with Gasteiger partial charge in [0.2, 0.25) is 0 Å². The van der Waals surface area contributed by atoms with Crippen LogP contribution in [0.4, 0.5) is 8.78 Å². The van der Waals surface area contributed by atoms with Crippen LogP contribution in [0.1, 0.15) is 6.42 Å². The fraction of sp³-hybridized carbons (Fsp3) is 0.857. The number of rotatable bonds is 7. The second-order valence-electron chi connectivity index (χ2n) is 2.61. The lowest BCUT2D eigenvalue weighted by atomic mass is 10.4. The molecule has 0 bridgehead atoms. The fourth-order valence-corrected chi connectivity index (χ4v) is 1.75. The Morgan fingerprint density at radius 3 is 2.47 bits per heavy atom. The van der Waals surface area contributed by atoms with E-state index >= 15 is 0 Å². The number of hydrogen-bond acceptors (Lipinski definition) is 4. The van der Waals surface area contributed by atoms with Crippen LogP contribution in [0.2, 0.25) is 0 Å². The van der Waals surface area contributed by atoms with Crippen LogP contribution in [0.5, 0.6) is 0 Å². The standard InChI is InChI=1S/C7H12F2N2O3S/c1-14-6-5-11(4-2-3-10)15(12,13)7(8)9/h7H,2,4-6H2,1H3. The van der Waals surface area contributed by atoms with Gasteiger partial charge in [-0.05, 0) is 0 Å². The highest BCUT2D eigenvalue weighted by molar-refractivity contribution is 7.89. The van der Waals surface area contributed by atoms with Crippen molar-refractivity contribution in [1.29, 1.82) is 5.26 Å². The van der Waals surface area contributed by atoms with E-state index in [1.165, 1.54) is 7.11 Å². The number of sulfonamides is 1. The van der Waals surface area contributed by atoms with Crippen LogP contribution in [0.3, 0.4) is 0 Å². The molecular formula is C7H12F2N2O3S. The van der Waals surface area contributed by atoms with E-state index in [2.05, 4.69) is 4.74 Å². The summed E-state index contributed by atoms with van der Waals surface area (Å²) in [6, 6.07) is 1.69. The summed E-state index contributed by atoms with van der Waals surface area (Å²) in [5.41, 5.74) is 0. The van der Waals surface area contributed by atoms with Gasteiger partial charge in [-0.2, -0.15) is 18.3 Å². The molecule has 0 saturated heterocycles. The molecule has 0 fully saturated rings. The summed E-state index contributed by atoms with van der Waals surface area (Å²) >= 11 is 0. The highest BCUT2D eigenvalue weighted by Crippen LogP contribution is 2.11. The minimum absolute atomic E-state index is 0.0113. The van der Waals surface area contributed by atoms with Crippen LogP contribution >= 0.6 is 0 Å². The molecule has 0 aromatic heterocycles. The first-order chi connectivity index (χ1) is 6.96. The van der Waals surface area contributed by atoms with E-state index in [0.29, 0.717) is 4.31 Å². The lowest BCUT2D eigenvalue weighted by Crippen LogP contribution is -2.38. The zero-order valence-corrected chi connectivity index (χ0v) is 9.01. The average molecular weight is 242 g/mol. The number of alkyl halides is 2. The summed E-state index contributed by atoms with van der Waals surface area (Å²) in [6.45, 7) is -0.408. The van der Waals surface area contributed by atoms with Crippen LogP contribution in [0.15, 0.2) is 0 Å². The maximum absolute atomic E-state index is 12.2. The van der Waals surface area contributed by atoms with Crippen molar-refractivity contribution in [3.05, 3.63) is 0 Å². The second-order valence-corrected chi connectivity index (χ2v) is 4.51. The van der Waals surface area contributed by atoms with E-state index in [4.69, 9.17) is 5.26 Å². The van der Waals surface area contributed by atoms with Gasteiger partial charge < -0.3 is 4.74 Å². The second kappa shape index (κ2) is 6.66. The molecule has 8 heteroatoms. The first-order valence-corrected chi connectivity index (χ1v) is 5.60. The van der Waals surface area contributed by atoms with Gasteiger partial charge in [0, 0.05) is 26.6 Å². The lowest BCUT2D eigenvalue weighted by Gasteiger charge is -2.19. The molecule has 0 spiro atoms. The van der Waals surface area contributed by atoms with Gasteiger partial charge in [-0.1, -0.05) is 0 Å². The van der Waals surface area contributed by atoms with E-state index in [9.17, 15) is 17.2 Å². The molecule has 15 heavy (non-hydrogen) atoms. The van der Waals surface area contributed by atoms with Crippen molar-refractivity contribution in [2.75, 3.05) is 26.8 Å². The van der Waals surface area contributed by atoms with Gasteiger partial charge in [0.05, 0.1) is 12.7 Å². The van der Waals surface area contributed by atoms with Crippen molar-refractivity contribution in [2.24, 2.45) is 0 Å². The molecule has 0 radical (unpaired) electrons. The number of hydrogen-bond donors (Lipinski definition) is 0. The first kappa shape index (κ1) is 14.2. The van der Waals surface area contributed by atoms with Gasteiger partial charge in [0.25, 0.3) is 10.0 Å². The van der Waals surface area contributed by atoms with Gasteiger partial charge >= 0.3 is 5.76 Å². The Bertz CT molecular complexity index is 313. The molecule has 0 aliphatic carbocycles. The molecule has 0 saturated carbocycles. The third-order valence-electron chi connectivity index (χ3n) is 1.60. The predicted octanol–water partition coefficient (Wildman–Crippen LogP) is 0.401. The van der Waals surface area contributed by atoms with E-state index in [1.807, 2.05) is 0 Å². The Labute approximate surface area is 87.3 Å². The van der Waals surface area contributed by atoms with E-state index in [-0.39, 0.29) is 26.1 Å². The number of nitrogens with zero attached hydrogens (tertiary/aromatic N) is 2. The third-order valence-corrected chi connectivity index (χ3v) is 3.14. The minimum Gasteiger partial charge on any atom is -0.383 e. The van der Waals surface area contributed by atoms with Crippen LogP contribution in [-0.4, -0.2) is 45.3 Å². The minimum atomic E-state index is -4.61. The highest BCUT2D eigenvalue weighted by Gasteiger charge is 2.31. The van der Waals surface area contributed by atoms with E-state index < -0.39 is 15.8 Å². The van der Waals surface area contributed by atoms with Gasteiger partial charge in [0.1, 0.15) is 0 Å². The highest BCUT2D eigenvalue weighted by atomic mass is 32.2. The van der Waals surface area contributed by atoms with Crippen LogP contribution in [0, 0.1) is 11.3 Å². The number of halogens is 2. The summed E-state index contributed by atoms with van der Waals surface area (Å²) < 4.78 is 51.6. The Hall–Kier alpha value is -0.780. The molecule has 5 nitrogen and oxygen atoms in total. The summed E-state index contributed by atoms with van der Waals surface area (Å²) in [5, 5.41) is 8.25. The third kappa shape index (κ3) is 4.51. The topological polar surface area (TPSA) is 70.4 Å². The molecule has 0 atom stereocenters. The molecule has 0 N–H and O–H groups in total. The fourth-order valence-electron chi connectivity index (χ4n) is 0.847. The summed E-state index contributed by atoms with van der Waals surface area (Å²) in [6.07, 6.45) is -0.129. The number of ether oxygens (including phenoxy) is 1. The molecule has 88 valence electrons. The molecule has 0 amide bonds. The van der Waals surface area contributed by atoms with Crippen molar-refractivity contribution >= 4 is 10.0 Å². The normalized spacial score (nSPS) is 12.0. The van der Waals surface area contributed by atoms with Gasteiger partial charge in [-0.3, -0.25) is 0 Å². The quantitative estimate of drug-likeness (QED) is 0.648. The molecule has 0 aromatic rings. The summed E-state index contributed by atoms with van der Waals surface area (Å²) in [7, 11) is -3.28. The number of nitriles is 1. The van der Waals surface area contributed by atoms with Crippen molar-refractivity contribution < 1.29 is 21.9 Å². The van der Waals surface area contributed by atoms with Gasteiger partial charge in [-0.25, -0.2) is 8.42 Å². The van der Waals surface area contributed by atoms with Gasteiger partial charge in [-0.15, -0.1) is 0 Å². The lowest BCUT2D eigenvalue weighted by molar-refractivity contribution is 0.170. The average Bonchev–Trinajstić information content (AvgIpc) is 2.17. The largest absolute Gasteiger partial charge is 0.383 e. The Balaban J connectivity index is 4.55. The summed E-state index contributed by atoms with van der Waals surface area (Å²) in [5.74, 6) is -3.46. The van der Waals surface area contributed by atoms with E-state index in [0.717, 1.165) is 0 Å². The monoisotopic (exact) mass is 242 g/mol. The molecule has 0 aromatic carbocycles. The molecule has 0 aliphatic heterocycles. The van der Waals surface area contributed by atoms with Crippen molar-refractivity contribution in [3.8, 4) is 6.07 Å². The molecule has 0 aliphatic rings. The molecule has 0 unspecified atom stereocenters. The van der Waals surface area contributed by atoms with E-state index in [1.54, 1.807) is 6.07 Å². The summed E-state index contributed by atoms with van der Waals surface area (Å²) in [4.78, 5) is 0. The first-order valence-electron chi connectivity index (χ1n) is 4.09. The molecule has 0 heterocycles. The van der Waals surface area contributed by atoms with Crippen molar-refractivity contribution in [1.82, 2.24) is 4.31 Å². The predicted molar refractivity (Wildman–Crippen MR) is 48.6 cm³/mol. The van der Waals surface area contributed by atoms with Crippen LogP contribution in [-0.2, 0) is 14.8 Å². The zero-order valence-electron chi connectivity index (χ0n) is 8.19. The van der Waals surface area contributed by atoms with Crippen molar-refractivity contribution in [2.45, 2.75) is 12.2 Å². The van der Waals surface area contributed by atoms with Crippen LogP contribution in [0.25, 0.3) is 0 Å². The smallest absolute Gasteiger partial charge is 0.350 e. The van der Waals surface area contributed by atoms with Crippen LogP contribution < -0.4 is 0 Å². The maximum Gasteiger partial charge on any atom is 0.350 e. The van der Waals surface area contributed by atoms with Gasteiger partial charge in [0.15, 0.2) is 0 Å². The van der Waals surface area contributed by atoms with Crippen molar-refractivity contribution in [3.63, 3.8) is 0 Å². The Morgan fingerprint density at radius 2 is 2.07 bits per heavy atom.